The first-order valence-electron chi connectivity index (χ1n) is 7.23. The molecule has 1 aromatic carbocycles. The molecule has 0 aliphatic carbocycles. The Kier molecular flexibility index (Phi) is 3.09. The standard InChI is InChI=1S/C16H12ClFN4O/c1-9-7-10-3-2-4-12(18)15(10)22-14(9)16(23)21(20-22)11-5-6-13(17)19-8-11/h2-6,8-9H,7H2,1H3/p+1. The van der Waals surface area contributed by atoms with Crippen molar-refractivity contribution in [3.8, 4) is 11.4 Å². The van der Waals surface area contributed by atoms with E-state index in [1.165, 1.54) is 21.6 Å². The van der Waals surface area contributed by atoms with Crippen molar-refractivity contribution in [1.29, 1.82) is 0 Å². The van der Waals surface area contributed by atoms with E-state index in [1.807, 2.05) is 13.0 Å². The Bertz CT molecular complexity index is 961. The number of H-pyrrole nitrogens is 1. The molecule has 0 saturated carbocycles. The third-order valence-corrected chi connectivity index (χ3v) is 4.34. The molecule has 0 saturated heterocycles. The molecule has 4 rings (SSSR count). The lowest BCUT2D eigenvalue weighted by atomic mass is 9.93. The summed E-state index contributed by atoms with van der Waals surface area (Å²) in [4.78, 5) is 16.7. The third kappa shape index (κ3) is 2.09. The molecule has 7 heteroatoms. The summed E-state index contributed by atoms with van der Waals surface area (Å²) in [6.45, 7) is 1.96. The van der Waals surface area contributed by atoms with Gasteiger partial charge in [0, 0.05) is 11.5 Å². The monoisotopic (exact) mass is 331 g/mol. The van der Waals surface area contributed by atoms with Crippen molar-refractivity contribution in [3.05, 3.63) is 69.1 Å². The van der Waals surface area contributed by atoms with E-state index in [9.17, 15) is 9.18 Å². The van der Waals surface area contributed by atoms with Gasteiger partial charge < -0.3 is 0 Å². The molecule has 116 valence electrons. The molecule has 1 atom stereocenters. The summed E-state index contributed by atoms with van der Waals surface area (Å²) < 4.78 is 17.2. The Balaban J connectivity index is 1.99. The van der Waals surface area contributed by atoms with Gasteiger partial charge in [-0.2, -0.15) is 0 Å². The molecule has 23 heavy (non-hydrogen) atoms. The van der Waals surface area contributed by atoms with Crippen LogP contribution in [0.25, 0.3) is 11.4 Å². The van der Waals surface area contributed by atoms with Crippen molar-refractivity contribution in [2.24, 2.45) is 0 Å². The highest BCUT2D eigenvalue weighted by Crippen LogP contribution is 2.26. The van der Waals surface area contributed by atoms with Crippen LogP contribution in [0, 0.1) is 5.82 Å². The van der Waals surface area contributed by atoms with Crippen LogP contribution in [0.3, 0.4) is 0 Å². The second kappa shape index (κ2) is 5.03. The molecule has 5 nitrogen and oxygen atoms in total. The normalized spacial score (nSPS) is 16.0. The molecule has 2 aromatic heterocycles. The Hall–Kier alpha value is -2.47. The first-order chi connectivity index (χ1) is 11.1. The van der Waals surface area contributed by atoms with Gasteiger partial charge in [0.05, 0.1) is 6.20 Å². The molecule has 1 unspecified atom stereocenters. The zero-order valence-corrected chi connectivity index (χ0v) is 13.0. The number of aromatic nitrogens is 4. The van der Waals surface area contributed by atoms with E-state index in [2.05, 4.69) is 10.2 Å². The van der Waals surface area contributed by atoms with Crippen molar-refractivity contribution < 1.29 is 9.07 Å². The summed E-state index contributed by atoms with van der Waals surface area (Å²) in [6, 6.07) is 8.25. The number of fused-ring (bicyclic) bond motifs is 3. The number of hydrogen-bond acceptors (Lipinski definition) is 2. The molecule has 0 bridgehead atoms. The van der Waals surface area contributed by atoms with E-state index in [4.69, 9.17) is 11.6 Å². The molecule has 0 radical (unpaired) electrons. The van der Waals surface area contributed by atoms with Crippen LogP contribution >= 0.6 is 11.6 Å². The van der Waals surface area contributed by atoms with Crippen LogP contribution in [-0.4, -0.2) is 14.9 Å². The van der Waals surface area contributed by atoms with Gasteiger partial charge in [-0.1, -0.05) is 40.6 Å². The lowest BCUT2D eigenvalue weighted by Crippen LogP contribution is -2.45. The predicted molar refractivity (Wildman–Crippen MR) is 82.8 cm³/mol. The van der Waals surface area contributed by atoms with Gasteiger partial charge in [0.25, 0.3) is 0 Å². The summed E-state index contributed by atoms with van der Waals surface area (Å²) in [6.07, 6.45) is 2.12. The van der Waals surface area contributed by atoms with Gasteiger partial charge in [0.15, 0.2) is 17.2 Å². The fourth-order valence-electron chi connectivity index (χ4n) is 3.09. The van der Waals surface area contributed by atoms with Crippen LogP contribution in [-0.2, 0) is 6.42 Å². The summed E-state index contributed by atoms with van der Waals surface area (Å²) >= 11 is 5.79. The summed E-state index contributed by atoms with van der Waals surface area (Å²) in [7, 11) is 0. The van der Waals surface area contributed by atoms with E-state index in [-0.39, 0.29) is 17.3 Å². The molecular weight excluding hydrogens is 319 g/mol. The van der Waals surface area contributed by atoms with Crippen LogP contribution in [0.4, 0.5) is 4.39 Å². The molecule has 1 N–H and O–H groups in total. The number of aromatic amines is 1. The van der Waals surface area contributed by atoms with Crippen LogP contribution in [0.5, 0.6) is 0 Å². The van der Waals surface area contributed by atoms with Gasteiger partial charge in [0.2, 0.25) is 5.69 Å². The van der Waals surface area contributed by atoms with Crippen LogP contribution < -0.4 is 10.2 Å². The minimum atomic E-state index is -0.358. The first kappa shape index (κ1) is 14.1. The van der Waals surface area contributed by atoms with E-state index in [0.717, 1.165) is 5.56 Å². The lowest BCUT2D eigenvalue weighted by molar-refractivity contribution is -0.674. The lowest BCUT2D eigenvalue weighted by Gasteiger charge is -2.17. The fourth-order valence-corrected chi connectivity index (χ4v) is 3.20. The number of nitrogens with zero attached hydrogens (tertiary/aromatic N) is 3. The SMILES string of the molecule is CC1Cc2cccc(F)c2-[n+]2[nH]n(-c3ccc(Cl)nc3)c(=O)c21. The van der Waals surface area contributed by atoms with Gasteiger partial charge in [-0.05, 0) is 24.6 Å². The predicted octanol–water partition coefficient (Wildman–Crippen LogP) is 2.29. The van der Waals surface area contributed by atoms with Gasteiger partial charge in [-0.25, -0.2) is 14.2 Å². The second-order valence-electron chi connectivity index (χ2n) is 5.65. The van der Waals surface area contributed by atoms with Crippen molar-refractivity contribution in [2.45, 2.75) is 19.3 Å². The minimum Gasteiger partial charge on any atom is -0.240 e. The Morgan fingerprint density at radius 3 is 2.96 bits per heavy atom. The molecule has 0 amide bonds. The molecular formula is C16H13ClFN4O+. The van der Waals surface area contributed by atoms with Crippen molar-refractivity contribution in [3.63, 3.8) is 0 Å². The number of benzene rings is 1. The van der Waals surface area contributed by atoms with Gasteiger partial charge >= 0.3 is 5.56 Å². The number of halogens is 2. The number of pyridine rings is 1. The summed E-state index contributed by atoms with van der Waals surface area (Å²) in [5.41, 5.74) is 2.13. The Morgan fingerprint density at radius 1 is 1.39 bits per heavy atom. The minimum absolute atomic E-state index is 0.0189. The van der Waals surface area contributed by atoms with Gasteiger partial charge in [-0.15, -0.1) is 4.68 Å². The molecule has 1 aliphatic rings. The fraction of sp³-hybridized carbons (Fsp3) is 0.188. The molecule has 3 aromatic rings. The zero-order chi connectivity index (χ0) is 16.1. The van der Waals surface area contributed by atoms with Crippen molar-refractivity contribution in [2.75, 3.05) is 0 Å². The number of hydrogen-bond donors (Lipinski definition) is 1. The maximum atomic E-state index is 14.3. The first-order valence-corrected chi connectivity index (χ1v) is 7.60. The van der Waals surface area contributed by atoms with Crippen molar-refractivity contribution >= 4 is 11.6 Å². The van der Waals surface area contributed by atoms with E-state index in [1.54, 1.807) is 18.2 Å². The zero-order valence-electron chi connectivity index (χ0n) is 12.3. The summed E-state index contributed by atoms with van der Waals surface area (Å²) in [5, 5.41) is 3.31. The van der Waals surface area contributed by atoms with E-state index >= 15 is 0 Å². The molecule has 3 heterocycles. The van der Waals surface area contributed by atoms with Crippen molar-refractivity contribution in [1.82, 2.24) is 14.9 Å². The van der Waals surface area contributed by atoms with E-state index < -0.39 is 0 Å². The molecule has 0 spiro atoms. The van der Waals surface area contributed by atoms with E-state index in [0.29, 0.717) is 28.6 Å². The third-order valence-electron chi connectivity index (χ3n) is 4.12. The Morgan fingerprint density at radius 2 is 2.22 bits per heavy atom. The van der Waals surface area contributed by atoms with Crippen LogP contribution in [0.1, 0.15) is 24.1 Å². The highest BCUT2D eigenvalue weighted by atomic mass is 35.5. The highest BCUT2D eigenvalue weighted by Gasteiger charge is 2.36. The van der Waals surface area contributed by atoms with Gasteiger partial charge in [-0.3, -0.25) is 0 Å². The number of para-hydroxylation sites is 1. The maximum Gasteiger partial charge on any atom is 0.402 e. The summed E-state index contributed by atoms with van der Waals surface area (Å²) in [5.74, 6) is -0.377. The molecule has 0 fully saturated rings. The highest BCUT2D eigenvalue weighted by molar-refractivity contribution is 6.29. The van der Waals surface area contributed by atoms with Crippen LogP contribution in [0.2, 0.25) is 5.15 Å². The Labute approximate surface area is 135 Å². The second-order valence-corrected chi connectivity index (χ2v) is 6.04. The smallest absolute Gasteiger partial charge is 0.240 e. The molecule has 1 aliphatic heterocycles. The average molecular weight is 332 g/mol. The van der Waals surface area contributed by atoms with Gasteiger partial charge in [0.1, 0.15) is 5.15 Å². The number of nitrogens with one attached hydrogen (secondary N) is 1. The number of rotatable bonds is 1. The van der Waals surface area contributed by atoms with Crippen LogP contribution in [0.15, 0.2) is 41.3 Å². The maximum absolute atomic E-state index is 14.3. The topological polar surface area (TPSA) is 54.6 Å². The average Bonchev–Trinajstić information content (AvgIpc) is 2.86. The quantitative estimate of drug-likeness (QED) is 0.549. The largest absolute Gasteiger partial charge is 0.402 e.